The quantitative estimate of drug-likeness (QED) is 0.720. The van der Waals surface area contributed by atoms with Crippen LogP contribution in [0.1, 0.15) is 12.8 Å². The Balaban J connectivity index is 1.88. The molecule has 0 fully saturated rings. The molecule has 0 radical (unpaired) electrons. The van der Waals surface area contributed by atoms with Crippen molar-refractivity contribution in [1.82, 2.24) is 10.2 Å². The average Bonchev–Trinajstić information content (AvgIpc) is 3.18. The van der Waals surface area contributed by atoms with Crippen molar-refractivity contribution in [3.63, 3.8) is 0 Å². The molecule has 0 unspecified atom stereocenters. The van der Waals surface area contributed by atoms with Crippen LogP contribution in [0, 0.1) is 6.92 Å². The molecule has 0 bridgehead atoms. The number of aryl methyl sites for hydroxylation is 1. The van der Waals surface area contributed by atoms with Gasteiger partial charge in [-0.15, -0.1) is 21.5 Å². The number of anilines is 1. The molecule has 0 saturated carbocycles. The molecule has 3 rings (SSSR count). The molecule has 3 aromatic rings. The van der Waals surface area contributed by atoms with Crippen LogP contribution < -0.4 is 9.46 Å². The summed E-state index contributed by atoms with van der Waals surface area (Å²) in [6, 6.07) is 10.0. The number of thiophene rings is 1. The number of aromatic nitrogens is 2. The maximum atomic E-state index is 12.6. The summed E-state index contributed by atoms with van der Waals surface area (Å²) in [6.45, 7) is 3.95. The van der Waals surface area contributed by atoms with Crippen LogP contribution >= 0.6 is 11.3 Å². The number of sulfonamides is 1. The Kier molecular flexibility index (Phi) is 4.54. The SMILES string of the molecule is CCOc1ccccc1NS(=O)(=O)c1ccc(-c2nnc(C)o2)s1. The summed E-state index contributed by atoms with van der Waals surface area (Å²) < 4.78 is 38.6. The first-order chi connectivity index (χ1) is 11.5. The predicted octanol–water partition coefficient (Wildman–Crippen LogP) is 3.31. The van der Waals surface area contributed by atoms with Crippen LogP contribution in [-0.4, -0.2) is 25.2 Å². The number of rotatable bonds is 6. The number of para-hydroxylation sites is 2. The van der Waals surface area contributed by atoms with Crippen molar-refractivity contribution in [3.8, 4) is 16.5 Å². The summed E-state index contributed by atoms with van der Waals surface area (Å²) in [6.07, 6.45) is 0. The lowest BCUT2D eigenvalue weighted by molar-refractivity contribution is 0.342. The number of hydrogen-bond acceptors (Lipinski definition) is 7. The first-order valence-electron chi connectivity index (χ1n) is 7.14. The Bertz CT molecular complexity index is 947. The maximum absolute atomic E-state index is 12.6. The van der Waals surface area contributed by atoms with E-state index in [0.717, 1.165) is 11.3 Å². The van der Waals surface area contributed by atoms with Gasteiger partial charge < -0.3 is 9.15 Å². The second-order valence-corrected chi connectivity index (χ2v) is 7.77. The smallest absolute Gasteiger partial charge is 0.271 e. The Morgan fingerprint density at radius 2 is 2.00 bits per heavy atom. The number of benzene rings is 1. The fraction of sp³-hybridized carbons (Fsp3) is 0.200. The van der Waals surface area contributed by atoms with Crippen molar-refractivity contribution in [2.75, 3.05) is 11.3 Å². The molecule has 1 N–H and O–H groups in total. The molecule has 0 saturated heterocycles. The van der Waals surface area contributed by atoms with E-state index in [1.54, 1.807) is 37.3 Å². The van der Waals surface area contributed by atoms with Gasteiger partial charge in [0.15, 0.2) is 0 Å². The zero-order valence-corrected chi connectivity index (χ0v) is 14.6. The lowest BCUT2D eigenvalue weighted by atomic mass is 10.3. The zero-order chi connectivity index (χ0) is 17.2. The fourth-order valence-corrected chi connectivity index (χ4v) is 4.30. The van der Waals surface area contributed by atoms with Gasteiger partial charge in [-0.1, -0.05) is 12.1 Å². The normalized spacial score (nSPS) is 11.4. The van der Waals surface area contributed by atoms with Crippen LogP contribution in [0.3, 0.4) is 0 Å². The molecule has 24 heavy (non-hydrogen) atoms. The molecular formula is C15H15N3O4S2. The van der Waals surface area contributed by atoms with E-state index in [0.29, 0.717) is 34.7 Å². The van der Waals surface area contributed by atoms with Crippen molar-refractivity contribution in [2.45, 2.75) is 18.1 Å². The van der Waals surface area contributed by atoms with E-state index in [2.05, 4.69) is 14.9 Å². The lowest BCUT2D eigenvalue weighted by Gasteiger charge is -2.11. The van der Waals surface area contributed by atoms with E-state index in [4.69, 9.17) is 9.15 Å². The van der Waals surface area contributed by atoms with Crippen LogP contribution in [0.25, 0.3) is 10.8 Å². The molecule has 0 aliphatic carbocycles. The highest BCUT2D eigenvalue weighted by Crippen LogP contribution is 2.32. The van der Waals surface area contributed by atoms with Crippen LogP contribution in [0.4, 0.5) is 5.69 Å². The minimum atomic E-state index is -3.74. The number of ether oxygens (including phenoxy) is 1. The van der Waals surface area contributed by atoms with Gasteiger partial charge in [0.05, 0.1) is 17.2 Å². The van der Waals surface area contributed by atoms with Crippen LogP contribution in [-0.2, 0) is 10.0 Å². The second kappa shape index (κ2) is 6.62. The Labute approximate surface area is 143 Å². The summed E-state index contributed by atoms with van der Waals surface area (Å²) in [7, 11) is -3.74. The van der Waals surface area contributed by atoms with Crippen molar-refractivity contribution < 1.29 is 17.6 Å². The molecule has 7 nitrogen and oxygen atoms in total. The lowest BCUT2D eigenvalue weighted by Crippen LogP contribution is -2.12. The molecule has 0 spiro atoms. The first-order valence-corrected chi connectivity index (χ1v) is 9.44. The van der Waals surface area contributed by atoms with Crippen molar-refractivity contribution in [2.24, 2.45) is 0 Å². The van der Waals surface area contributed by atoms with E-state index >= 15 is 0 Å². The minimum Gasteiger partial charge on any atom is -0.492 e. The number of nitrogens with one attached hydrogen (secondary N) is 1. The van der Waals surface area contributed by atoms with Gasteiger partial charge in [0.25, 0.3) is 15.9 Å². The van der Waals surface area contributed by atoms with Gasteiger partial charge in [0, 0.05) is 6.92 Å². The minimum absolute atomic E-state index is 0.152. The first kappa shape index (κ1) is 16.5. The highest BCUT2D eigenvalue weighted by atomic mass is 32.2. The van der Waals surface area contributed by atoms with Crippen LogP contribution in [0.15, 0.2) is 45.0 Å². The summed E-state index contributed by atoms with van der Waals surface area (Å²) >= 11 is 1.06. The number of nitrogens with zero attached hydrogens (tertiary/aromatic N) is 2. The molecule has 1 aromatic carbocycles. The van der Waals surface area contributed by atoms with E-state index in [1.807, 2.05) is 6.92 Å². The van der Waals surface area contributed by atoms with Crippen LogP contribution in [0.5, 0.6) is 5.75 Å². The largest absolute Gasteiger partial charge is 0.492 e. The molecule has 0 aliphatic rings. The Morgan fingerprint density at radius 3 is 2.71 bits per heavy atom. The van der Waals surface area contributed by atoms with Crippen molar-refractivity contribution >= 4 is 27.0 Å². The van der Waals surface area contributed by atoms with Crippen molar-refractivity contribution in [1.29, 1.82) is 0 Å². The summed E-state index contributed by atoms with van der Waals surface area (Å²) in [5.41, 5.74) is 0.392. The summed E-state index contributed by atoms with van der Waals surface area (Å²) in [5.74, 6) is 1.20. The van der Waals surface area contributed by atoms with Crippen LogP contribution in [0.2, 0.25) is 0 Å². The van der Waals surface area contributed by atoms with E-state index in [9.17, 15) is 8.42 Å². The number of hydrogen-bond donors (Lipinski definition) is 1. The summed E-state index contributed by atoms with van der Waals surface area (Å²) in [5, 5.41) is 7.64. The maximum Gasteiger partial charge on any atom is 0.271 e. The highest BCUT2D eigenvalue weighted by Gasteiger charge is 2.20. The Hall–Kier alpha value is -2.39. The third-order valence-electron chi connectivity index (χ3n) is 3.01. The van der Waals surface area contributed by atoms with Gasteiger partial charge in [-0.2, -0.15) is 0 Å². The topological polar surface area (TPSA) is 94.3 Å². The molecule has 2 heterocycles. The predicted molar refractivity (Wildman–Crippen MR) is 90.8 cm³/mol. The van der Waals surface area contributed by atoms with E-state index in [-0.39, 0.29) is 4.21 Å². The Morgan fingerprint density at radius 1 is 1.21 bits per heavy atom. The molecular weight excluding hydrogens is 350 g/mol. The fourth-order valence-electron chi connectivity index (χ4n) is 2.00. The van der Waals surface area contributed by atoms with Crippen molar-refractivity contribution in [3.05, 3.63) is 42.3 Å². The molecule has 9 heteroatoms. The third-order valence-corrected chi connectivity index (χ3v) is 5.94. The van der Waals surface area contributed by atoms with E-state index < -0.39 is 10.0 Å². The molecule has 0 atom stereocenters. The van der Waals surface area contributed by atoms with Gasteiger partial charge in [-0.25, -0.2) is 8.42 Å². The highest BCUT2D eigenvalue weighted by molar-refractivity contribution is 7.94. The molecule has 0 amide bonds. The van der Waals surface area contributed by atoms with E-state index in [1.165, 1.54) is 6.07 Å². The molecule has 2 aromatic heterocycles. The average molecular weight is 365 g/mol. The van der Waals surface area contributed by atoms with Gasteiger partial charge >= 0.3 is 0 Å². The molecule has 0 aliphatic heterocycles. The standard InChI is InChI=1S/C15H15N3O4S2/c1-3-21-12-7-5-4-6-11(12)18-24(19,20)14-9-8-13(23-14)15-17-16-10(2)22-15/h4-9,18H,3H2,1-2H3. The zero-order valence-electron chi connectivity index (χ0n) is 13.0. The van der Waals surface area contributed by atoms with Gasteiger partial charge in [0.1, 0.15) is 9.96 Å². The monoisotopic (exact) mass is 365 g/mol. The van der Waals surface area contributed by atoms with Gasteiger partial charge in [-0.05, 0) is 31.2 Å². The summed E-state index contributed by atoms with van der Waals surface area (Å²) in [4.78, 5) is 0.592. The third kappa shape index (κ3) is 3.41. The van der Waals surface area contributed by atoms with Gasteiger partial charge in [-0.3, -0.25) is 4.72 Å². The second-order valence-electron chi connectivity index (χ2n) is 4.78. The molecule has 126 valence electrons. The van der Waals surface area contributed by atoms with Gasteiger partial charge in [0.2, 0.25) is 5.89 Å².